The molecule has 20 heavy (non-hydrogen) atoms. The van der Waals surface area contributed by atoms with Gasteiger partial charge in [-0.1, -0.05) is 39.0 Å². The molecule has 3 nitrogen and oxygen atoms in total. The molecule has 0 N–H and O–H groups in total. The minimum Gasteiger partial charge on any atom is -0.303 e. The van der Waals surface area contributed by atoms with E-state index in [0.29, 0.717) is 0 Å². The van der Waals surface area contributed by atoms with Gasteiger partial charge in [-0.15, -0.1) is 0 Å². The number of hydrazone groups is 1. The first-order valence-corrected chi connectivity index (χ1v) is 7.24. The first-order valence-electron chi connectivity index (χ1n) is 7.24. The highest BCUT2D eigenvalue weighted by molar-refractivity contribution is 6.17. The molecule has 0 saturated carbocycles. The molecule has 108 valence electrons. The Hall–Kier alpha value is -1.64. The minimum absolute atomic E-state index is 0.254. The van der Waals surface area contributed by atoms with Crippen molar-refractivity contribution in [2.45, 2.75) is 40.0 Å². The van der Waals surface area contributed by atoms with Gasteiger partial charge in [0.15, 0.2) is 0 Å². The molecule has 0 fully saturated rings. The van der Waals surface area contributed by atoms with Crippen LogP contribution in [0.15, 0.2) is 45.7 Å². The van der Waals surface area contributed by atoms with Crippen LogP contribution in [-0.4, -0.2) is 30.5 Å². The lowest BCUT2D eigenvalue weighted by molar-refractivity contribution is 0.430. The Balaban J connectivity index is 2.39. The average molecular weight is 271 g/mol. The maximum atomic E-state index is 4.87. The zero-order valence-corrected chi connectivity index (χ0v) is 13.3. The Labute approximate surface area is 122 Å². The van der Waals surface area contributed by atoms with Crippen molar-refractivity contribution in [2.24, 2.45) is 15.5 Å². The van der Waals surface area contributed by atoms with E-state index < -0.39 is 0 Å². The first-order chi connectivity index (χ1) is 9.35. The fraction of sp³-hybridized carbons (Fsp3) is 0.529. The third-order valence-electron chi connectivity index (χ3n) is 3.14. The van der Waals surface area contributed by atoms with Crippen molar-refractivity contribution >= 4 is 11.4 Å². The number of nitrogens with zero attached hydrogens (tertiary/aromatic N) is 3. The van der Waals surface area contributed by atoms with Gasteiger partial charge in [0.25, 0.3) is 0 Å². The molecule has 0 saturated heterocycles. The second-order valence-electron chi connectivity index (χ2n) is 6.82. The van der Waals surface area contributed by atoms with Crippen molar-refractivity contribution in [3.63, 3.8) is 0 Å². The Bertz CT molecular complexity index is 523. The smallest absolute Gasteiger partial charge is 0.0752 e. The maximum absolute atomic E-state index is 4.87. The summed E-state index contributed by atoms with van der Waals surface area (Å²) in [5.41, 5.74) is 4.88. The zero-order valence-electron chi connectivity index (χ0n) is 13.3. The molecule has 0 aromatic carbocycles. The first kappa shape index (κ1) is 14.8. The van der Waals surface area contributed by atoms with Crippen molar-refractivity contribution in [3.8, 4) is 0 Å². The van der Waals surface area contributed by atoms with Gasteiger partial charge in [-0.05, 0) is 24.3 Å². The summed E-state index contributed by atoms with van der Waals surface area (Å²) in [5.74, 6) is 0. The highest BCUT2D eigenvalue weighted by atomic mass is 15.4. The fourth-order valence-corrected chi connectivity index (χ4v) is 2.52. The maximum Gasteiger partial charge on any atom is 0.0752 e. The number of fused-ring (bicyclic) bond motifs is 1. The molecule has 1 heterocycles. The molecule has 3 heteroatoms. The summed E-state index contributed by atoms with van der Waals surface area (Å²) in [6, 6.07) is 0. The molecule has 2 aliphatic rings. The van der Waals surface area contributed by atoms with Crippen molar-refractivity contribution in [1.82, 2.24) is 5.01 Å². The SMILES string of the molecule is CN(C)/N=C1\CC(CC(C)(C)C)=NC2=CC=CCC=C21. The third kappa shape index (κ3) is 3.92. The monoisotopic (exact) mass is 271 g/mol. The molecule has 0 radical (unpaired) electrons. The van der Waals surface area contributed by atoms with Crippen LogP contribution in [0.4, 0.5) is 0 Å². The highest BCUT2D eigenvalue weighted by Gasteiger charge is 2.24. The molecule has 0 atom stereocenters. The van der Waals surface area contributed by atoms with Gasteiger partial charge in [-0.3, -0.25) is 4.99 Å². The van der Waals surface area contributed by atoms with Crippen molar-refractivity contribution in [3.05, 3.63) is 35.6 Å². The van der Waals surface area contributed by atoms with E-state index in [4.69, 9.17) is 4.99 Å². The van der Waals surface area contributed by atoms with E-state index in [1.54, 1.807) is 0 Å². The van der Waals surface area contributed by atoms with Gasteiger partial charge in [0, 0.05) is 31.8 Å². The molecule has 0 spiro atoms. The molecule has 0 aromatic heterocycles. The summed E-state index contributed by atoms with van der Waals surface area (Å²) in [6.45, 7) is 6.76. The zero-order chi connectivity index (χ0) is 14.8. The van der Waals surface area contributed by atoms with Crippen molar-refractivity contribution < 1.29 is 0 Å². The lowest BCUT2D eigenvalue weighted by Gasteiger charge is -2.25. The Morgan fingerprint density at radius 2 is 2.05 bits per heavy atom. The van der Waals surface area contributed by atoms with Crippen LogP contribution in [-0.2, 0) is 0 Å². The summed E-state index contributed by atoms with van der Waals surface area (Å²) in [7, 11) is 3.95. The van der Waals surface area contributed by atoms with Gasteiger partial charge in [0.05, 0.1) is 11.4 Å². The van der Waals surface area contributed by atoms with E-state index in [1.807, 2.05) is 19.1 Å². The largest absolute Gasteiger partial charge is 0.303 e. The van der Waals surface area contributed by atoms with E-state index >= 15 is 0 Å². The molecule has 2 rings (SSSR count). The number of hydrogen-bond acceptors (Lipinski definition) is 3. The van der Waals surface area contributed by atoms with E-state index in [2.05, 4.69) is 50.2 Å². The van der Waals surface area contributed by atoms with Crippen LogP contribution in [0.3, 0.4) is 0 Å². The van der Waals surface area contributed by atoms with Gasteiger partial charge in [0.1, 0.15) is 0 Å². The van der Waals surface area contributed by atoms with Crippen LogP contribution in [0.5, 0.6) is 0 Å². The molecular formula is C17H25N3. The molecule has 1 aliphatic carbocycles. The summed E-state index contributed by atoms with van der Waals surface area (Å²) in [5, 5.41) is 6.56. The minimum atomic E-state index is 0.254. The van der Waals surface area contributed by atoms with Crippen LogP contribution in [0.25, 0.3) is 0 Å². The van der Waals surface area contributed by atoms with E-state index in [0.717, 1.165) is 30.7 Å². The number of allylic oxidation sites excluding steroid dienone is 5. The average Bonchev–Trinajstić information content (AvgIpc) is 2.51. The van der Waals surface area contributed by atoms with E-state index in [1.165, 1.54) is 11.3 Å². The second-order valence-corrected chi connectivity index (χ2v) is 6.82. The third-order valence-corrected chi connectivity index (χ3v) is 3.14. The predicted octanol–water partition coefficient (Wildman–Crippen LogP) is 3.96. The quantitative estimate of drug-likeness (QED) is 0.699. The van der Waals surface area contributed by atoms with Gasteiger partial charge in [-0.25, -0.2) is 0 Å². The summed E-state index contributed by atoms with van der Waals surface area (Å²) in [6.07, 6.45) is 11.4. The van der Waals surface area contributed by atoms with Crippen molar-refractivity contribution in [2.75, 3.05) is 14.1 Å². The number of aliphatic imine (C=N–C) groups is 1. The second kappa shape index (κ2) is 5.78. The van der Waals surface area contributed by atoms with Crippen LogP contribution >= 0.6 is 0 Å². The summed E-state index contributed by atoms with van der Waals surface area (Å²) in [4.78, 5) is 4.87. The van der Waals surface area contributed by atoms with Crippen molar-refractivity contribution in [1.29, 1.82) is 0 Å². The lowest BCUT2D eigenvalue weighted by Crippen LogP contribution is -2.24. The van der Waals surface area contributed by atoms with Gasteiger partial charge >= 0.3 is 0 Å². The standard InChI is InChI=1S/C17H25N3/c1-17(2,3)12-13-11-16(19-20(4)5)14-9-7-6-8-10-15(14)18-13/h6,8-10H,7,11-12H2,1-5H3/b19-16+. The van der Waals surface area contributed by atoms with Gasteiger partial charge in [0.2, 0.25) is 0 Å². The van der Waals surface area contributed by atoms with E-state index in [-0.39, 0.29) is 5.41 Å². The van der Waals surface area contributed by atoms with Crippen LogP contribution in [0.2, 0.25) is 0 Å². The molecule has 0 amide bonds. The fourth-order valence-electron chi connectivity index (χ4n) is 2.52. The lowest BCUT2D eigenvalue weighted by atomic mass is 9.85. The number of rotatable bonds is 2. The normalized spacial score (nSPS) is 20.9. The Morgan fingerprint density at radius 3 is 2.70 bits per heavy atom. The topological polar surface area (TPSA) is 28.0 Å². The van der Waals surface area contributed by atoms with E-state index in [9.17, 15) is 0 Å². The summed E-state index contributed by atoms with van der Waals surface area (Å²) >= 11 is 0. The Morgan fingerprint density at radius 1 is 1.30 bits per heavy atom. The molecule has 1 aliphatic heterocycles. The van der Waals surface area contributed by atoms with Gasteiger partial charge < -0.3 is 5.01 Å². The predicted molar refractivity (Wildman–Crippen MR) is 87.2 cm³/mol. The van der Waals surface area contributed by atoms with Gasteiger partial charge in [-0.2, -0.15) is 5.10 Å². The molecular weight excluding hydrogens is 246 g/mol. The van der Waals surface area contributed by atoms with Crippen LogP contribution in [0, 0.1) is 5.41 Å². The van der Waals surface area contributed by atoms with Crippen LogP contribution in [0.1, 0.15) is 40.0 Å². The van der Waals surface area contributed by atoms with Crippen LogP contribution < -0.4 is 0 Å². The molecule has 0 unspecified atom stereocenters. The summed E-state index contributed by atoms with van der Waals surface area (Å²) < 4.78 is 0. The number of hydrogen-bond donors (Lipinski definition) is 0. The Kier molecular flexibility index (Phi) is 4.26. The highest BCUT2D eigenvalue weighted by Crippen LogP contribution is 2.29. The molecule has 0 aromatic rings. The molecule has 0 bridgehead atoms.